The van der Waals surface area contributed by atoms with Crippen LogP contribution < -0.4 is 10.6 Å². The minimum atomic E-state index is -0.793. The van der Waals surface area contributed by atoms with Gasteiger partial charge in [-0.05, 0) is 40.0 Å². The SMILES string of the molecule is CC(C)(C)NC(=O)NC(=O)CN1C2CCC1C(C(=O)O)C2. The Bertz CT molecular complexity index is 458. The molecule has 2 bridgehead atoms. The van der Waals surface area contributed by atoms with Crippen LogP contribution in [0.5, 0.6) is 0 Å². The number of hydrogen-bond donors (Lipinski definition) is 3. The van der Waals surface area contributed by atoms with Gasteiger partial charge in [-0.2, -0.15) is 0 Å². The van der Waals surface area contributed by atoms with E-state index in [1.807, 2.05) is 25.7 Å². The number of carbonyl (C=O) groups excluding carboxylic acids is 2. The summed E-state index contributed by atoms with van der Waals surface area (Å²) in [5.41, 5.74) is -0.411. The van der Waals surface area contributed by atoms with E-state index in [1.54, 1.807) is 0 Å². The first-order chi connectivity index (χ1) is 9.67. The summed E-state index contributed by atoms with van der Waals surface area (Å²) < 4.78 is 0. The van der Waals surface area contributed by atoms with Gasteiger partial charge < -0.3 is 10.4 Å². The second-order valence-electron chi connectivity index (χ2n) is 6.90. The number of carboxylic acids is 1. The molecule has 2 saturated heterocycles. The minimum absolute atomic E-state index is 0.0797. The molecule has 2 heterocycles. The van der Waals surface area contributed by atoms with Crippen molar-refractivity contribution in [2.24, 2.45) is 5.92 Å². The molecule has 0 aromatic rings. The maximum atomic E-state index is 11.9. The monoisotopic (exact) mass is 297 g/mol. The maximum absolute atomic E-state index is 11.9. The molecular weight excluding hydrogens is 274 g/mol. The van der Waals surface area contributed by atoms with Crippen LogP contribution in [0.2, 0.25) is 0 Å². The molecule has 0 aromatic carbocycles. The van der Waals surface area contributed by atoms with E-state index in [1.165, 1.54) is 0 Å². The molecule has 3 unspecified atom stereocenters. The average molecular weight is 297 g/mol. The summed E-state index contributed by atoms with van der Waals surface area (Å²) in [5, 5.41) is 14.1. The third-order valence-electron chi connectivity index (χ3n) is 4.07. The summed E-state index contributed by atoms with van der Waals surface area (Å²) in [5.74, 6) is -1.57. The number of nitrogens with zero attached hydrogens (tertiary/aromatic N) is 1. The number of aliphatic carboxylic acids is 1. The summed E-state index contributed by atoms with van der Waals surface area (Å²) in [4.78, 5) is 36.7. The van der Waals surface area contributed by atoms with Crippen molar-refractivity contribution in [1.29, 1.82) is 0 Å². The normalized spacial score (nSPS) is 28.4. The molecular formula is C14H23N3O4. The van der Waals surface area contributed by atoms with E-state index in [0.29, 0.717) is 6.42 Å². The van der Waals surface area contributed by atoms with Gasteiger partial charge in [0, 0.05) is 17.6 Å². The number of rotatable bonds is 3. The molecule has 7 nitrogen and oxygen atoms in total. The largest absolute Gasteiger partial charge is 0.481 e. The first kappa shape index (κ1) is 15.8. The number of nitrogens with one attached hydrogen (secondary N) is 2. The molecule has 2 rings (SSSR count). The second-order valence-corrected chi connectivity index (χ2v) is 6.90. The number of hydrogen-bond acceptors (Lipinski definition) is 4. The lowest BCUT2D eigenvalue weighted by Crippen LogP contribution is -2.51. The van der Waals surface area contributed by atoms with Crippen molar-refractivity contribution in [3.8, 4) is 0 Å². The Morgan fingerprint density at radius 2 is 1.90 bits per heavy atom. The van der Waals surface area contributed by atoms with Gasteiger partial charge in [0.2, 0.25) is 5.91 Å². The molecule has 0 aliphatic carbocycles. The highest BCUT2D eigenvalue weighted by molar-refractivity contribution is 5.95. The minimum Gasteiger partial charge on any atom is -0.481 e. The zero-order valence-electron chi connectivity index (χ0n) is 12.7. The standard InChI is InChI=1S/C14H23N3O4/c1-14(2,3)16-13(21)15-11(18)7-17-8-4-5-10(17)9(6-8)12(19)20/h8-10H,4-7H2,1-3H3,(H,19,20)(H2,15,16,18,21). The zero-order valence-corrected chi connectivity index (χ0v) is 12.7. The first-order valence-corrected chi connectivity index (χ1v) is 7.28. The highest BCUT2D eigenvalue weighted by Gasteiger charge is 2.49. The summed E-state index contributed by atoms with van der Waals surface area (Å²) in [6.45, 7) is 5.57. The van der Waals surface area contributed by atoms with Crippen molar-refractivity contribution >= 4 is 17.9 Å². The van der Waals surface area contributed by atoms with Crippen LogP contribution in [-0.2, 0) is 9.59 Å². The number of fused-ring (bicyclic) bond motifs is 2. The molecule has 0 saturated carbocycles. The van der Waals surface area contributed by atoms with Gasteiger partial charge >= 0.3 is 12.0 Å². The number of urea groups is 1. The van der Waals surface area contributed by atoms with Crippen LogP contribution in [0.15, 0.2) is 0 Å². The molecule has 3 atom stereocenters. The van der Waals surface area contributed by atoms with Crippen molar-refractivity contribution < 1.29 is 19.5 Å². The fourth-order valence-electron chi connectivity index (χ4n) is 3.32. The molecule has 0 spiro atoms. The van der Waals surface area contributed by atoms with Crippen LogP contribution in [0, 0.1) is 5.92 Å². The van der Waals surface area contributed by atoms with Gasteiger partial charge in [-0.1, -0.05) is 0 Å². The average Bonchev–Trinajstić information content (AvgIpc) is 2.83. The van der Waals surface area contributed by atoms with Gasteiger partial charge in [0.15, 0.2) is 0 Å². The smallest absolute Gasteiger partial charge is 0.321 e. The van der Waals surface area contributed by atoms with Crippen molar-refractivity contribution in [2.75, 3.05) is 6.54 Å². The lowest BCUT2D eigenvalue weighted by Gasteiger charge is -2.23. The van der Waals surface area contributed by atoms with E-state index in [2.05, 4.69) is 10.6 Å². The zero-order chi connectivity index (χ0) is 15.8. The van der Waals surface area contributed by atoms with Gasteiger partial charge in [-0.25, -0.2) is 4.79 Å². The molecule has 3 amide bonds. The number of amides is 3. The van der Waals surface area contributed by atoms with Crippen molar-refractivity contribution in [3.05, 3.63) is 0 Å². The van der Waals surface area contributed by atoms with E-state index >= 15 is 0 Å². The van der Waals surface area contributed by atoms with Crippen LogP contribution >= 0.6 is 0 Å². The number of imide groups is 1. The van der Waals surface area contributed by atoms with Crippen LogP contribution in [0.4, 0.5) is 4.79 Å². The molecule has 0 radical (unpaired) electrons. The Hall–Kier alpha value is -1.63. The number of carbonyl (C=O) groups is 3. The lowest BCUT2D eigenvalue weighted by atomic mass is 9.89. The third-order valence-corrected chi connectivity index (χ3v) is 4.07. The predicted octanol–water partition coefficient (Wildman–Crippen LogP) is 0.548. The van der Waals surface area contributed by atoms with Crippen molar-refractivity contribution in [1.82, 2.24) is 15.5 Å². The Balaban J connectivity index is 1.87. The Morgan fingerprint density at radius 1 is 1.24 bits per heavy atom. The highest BCUT2D eigenvalue weighted by Crippen LogP contribution is 2.41. The van der Waals surface area contributed by atoms with E-state index < -0.39 is 17.5 Å². The third kappa shape index (κ3) is 3.72. The number of carboxylic acid groups (broad SMARTS) is 1. The van der Waals surface area contributed by atoms with Crippen molar-refractivity contribution in [2.45, 2.75) is 57.7 Å². The fourth-order valence-corrected chi connectivity index (χ4v) is 3.32. The van der Waals surface area contributed by atoms with Gasteiger partial charge in [0.05, 0.1) is 12.5 Å². The van der Waals surface area contributed by atoms with Crippen LogP contribution in [0.3, 0.4) is 0 Å². The molecule has 2 aliphatic rings. The second kappa shape index (κ2) is 5.63. The predicted molar refractivity (Wildman–Crippen MR) is 75.7 cm³/mol. The molecule has 21 heavy (non-hydrogen) atoms. The van der Waals surface area contributed by atoms with Gasteiger partial charge in [0.1, 0.15) is 0 Å². The molecule has 0 aromatic heterocycles. The van der Waals surface area contributed by atoms with Crippen molar-refractivity contribution in [3.63, 3.8) is 0 Å². The van der Waals surface area contributed by atoms with Crippen LogP contribution in [0.25, 0.3) is 0 Å². The van der Waals surface area contributed by atoms with E-state index in [0.717, 1.165) is 12.8 Å². The summed E-state index contributed by atoms with van der Waals surface area (Å²) in [6.07, 6.45) is 2.33. The fraction of sp³-hybridized carbons (Fsp3) is 0.786. The van der Waals surface area contributed by atoms with E-state index in [9.17, 15) is 14.4 Å². The first-order valence-electron chi connectivity index (χ1n) is 7.28. The van der Waals surface area contributed by atoms with Crippen LogP contribution in [0.1, 0.15) is 40.0 Å². The topological polar surface area (TPSA) is 98.7 Å². The Morgan fingerprint density at radius 3 is 2.43 bits per heavy atom. The van der Waals surface area contributed by atoms with Gasteiger partial charge in [-0.15, -0.1) is 0 Å². The van der Waals surface area contributed by atoms with Gasteiger partial charge in [0.25, 0.3) is 0 Å². The summed E-state index contributed by atoms with van der Waals surface area (Å²) >= 11 is 0. The maximum Gasteiger partial charge on any atom is 0.321 e. The molecule has 2 fully saturated rings. The highest BCUT2D eigenvalue weighted by atomic mass is 16.4. The molecule has 3 N–H and O–H groups in total. The van der Waals surface area contributed by atoms with E-state index in [-0.39, 0.29) is 30.5 Å². The molecule has 118 valence electrons. The lowest BCUT2D eigenvalue weighted by molar-refractivity contribution is -0.143. The summed E-state index contributed by atoms with van der Waals surface area (Å²) in [7, 11) is 0. The Kier molecular flexibility index (Phi) is 4.22. The van der Waals surface area contributed by atoms with E-state index in [4.69, 9.17) is 5.11 Å². The quantitative estimate of drug-likeness (QED) is 0.706. The van der Waals surface area contributed by atoms with Gasteiger partial charge in [-0.3, -0.25) is 19.8 Å². The summed E-state index contributed by atoms with van der Waals surface area (Å²) in [6, 6.07) is -0.453. The molecule has 2 aliphatic heterocycles. The Labute approximate surface area is 124 Å². The molecule has 7 heteroatoms. The van der Waals surface area contributed by atoms with Crippen LogP contribution in [-0.4, -0.2) is 52.1 Å².